The van der Waals surface area contributed by atoms with Gasteiger partial charge < -0.3 is 9.47 Å². The molecule has 1 aromatic heterocycles. The third kappa shape index (κ3) is 4.01. The lowest BCUT2D eigenvalue weighted by Gasteiger charge is -2.24. The third-order valence-corrected chi connectivity index (χ3v) is 6.38. The first-order chi connectivity index (χ1) is 15.4. The smallest absolute Gasteiger partial charge is 0.338 e. The number of nitrogens with zero attached hydrogens (tertiary/aromatic N) is 2. The first-order valence-electron chi connectivity index (χ1n) is 10.0. The predicted octanol–water partition coefficient (Wildman–Crippen LogP) is 3.46. The molecule has 2 heterocycles. The van der Waals surface area contributed by atoms with Crippen LogP contribution in [0.5, 0.6) is 5.75 Å². The fourth-order valence-corrected chi connectivity index (χ4v) is 4.98. The van der Waals surface area contributed by atoms with Crippen LogP contribution in [-0.4, -0.2) is 24.3 Å². The summed E-state index contributed by atoms with van der Waals surface area (Å²) in [5, 5.41) is 0.455. The third-order valence-electron chi connectivity index (χ3n) is 5.11. The Hall–Kier alpha value is -3.16. The monoisotopic (exact) mass is 468 g/mol. The van der Waals surface area contributed by atoms with Gasteiger partial charge in [0.05, 0.1) is 40.6 Å². The van der Waals surface area contributed by atoms with Crippen LogP contribution in [0.2, 0.25) is 5.02 Å². The number of esters is 1. The number of methoxy groups -OCH3 is 1. The van der Waals surface area contributed by atoms with E-state index in [-0.39, 0.29) is 12.2 Å². The van der Waals surface area contributed by atoms with E-state index in [1.165, 1.54) is 11.3 Å². The summed E-state index contributed by atoms with van der Waals surface area (Å²) < 4.78 is 12.5. The molecule has 2 aromatic carbocycles. The predicted molar refractivity (Wildman–Crippen MR) is 125 cm³/mol. The summed E-state index contributed by atoms with van der Waals surface area (Å²) in [4.78, 5) is 31.4. The fourth-order valence-electron chi connectivity index (χ4n) is 3.67. The second-order valence-electron chi connectivity index (χ2n) is 7.11. The number of hydrogen-bond donors (Lipinski definition) is 0. The topological polar surface area (TPSA) is 69.9 Å². The Kier molecular flexibility index (Phi) is 6.30. The van der Waals surface area contributed by atoms with Crippen LogP contribution in [-0.2, 0) is 9.53 Å². The van der Waals surface area contributed by atoms with Gasteiger partial charge >= 0.3 is 5.97 Å². The number of thiazole rings is 1. The Morgan fingerprint density at radius 2 is 2.00 bits per heavy atom. The quantitative estimate of drug-likeness (QED) is 0.538. The zero-order valence-corrected chi connectivity index (χ0v) is 19.4. The van der Waals surface area contributed by atoms with Crippen molar-refractivity contribution in [2.45, 2.75) is 19.9 Å². The average Bonchev–Trinajstić information content (AvgIpc) is 3.08. The summed E-state index contributed by atoms with van der Waals surface area (Å²) in [5.41, 5.74) is 2.24. The number of carbonyl (C=O) groups is 1. The molecule has 0 N–H and O–H groups in total. The van der Waals surface area contributed by atoms with Crippen molar-refractivity contribution in [1.82, 2.24) is 4.57 Å². The number of benzene rings is 2. The fraction of sp³-hybridized carbons (Fsp3) is 0.208. The molecule has 0 bridgehead atoms. The molecule has 4 rings (SSSR count). The maximum absolute atomic E-state index is 13.5. The number of fused-ring (bicyclic) bond motifs is 1. The van der Waals surface area contributed by atoms with Crippen molar-refractivity contribution in [3.8, 4) is 5.75 Å². The zero-order valence-electron chi connectivity index (χ0n) is 17.8. The molecular formula is C24H21ClN2O4S. The van der Waals surface area contributed by atoms with Crippen LogP contribution in [0.4, 0.5) is 0 Å². The summed E-state index contributed by atoms with van der Waals surface area (Å²) in [7, 11) is 1.55. The Balaban J connectivity index is 1.92. The van der Waals surface area contributed by atoms with E-state index >= 15 is 0 Å². The SMILES string of the molecule is CCOC(=O)C1=C(C)N=c2s/c(=C/c3ccc(OC)c(Cl)c3)c(=O)n2[C@@H]1c1ccccc1. The molecule has 0 amide bonds. The number of aromatic nitrogens is 1. The lowest BCUT2D eigenvalue weighted by atomic mass is 9.96. The van der Waals surface area contributed by atoms with Gasteiger partial charge in [0.2, 0.25) is 0 Å². The van der Waals surface area contributed by atoms with Gasteiger partial charge in [-0.2, -0.15) is 0 Å². The molecule has 1 aliphatic rings. The van der Waals surface area contributed by atoms with Gasteiger partial charge in [-0.3, -0.25) is 9.36 Å². The first-order valence-corrected chi connectivity index (χ1v) is 11.2. The van der Waals surface area contributed by atoms with Crippen LogP contribution in [0.1, 0.15) is 31.0 Å². The molecule has 164 valence electrons. The van der Waals surface area contributed by atoms with Crippen molar-refractivity contribution in [2.75, 3.05) is 13.7 Å². The van der Waals surface area contributed by atoms with Gasteiger partial charge in [-0.1, -0.05) is 59.3 Å². The standard InChI is InChI=1S/C24H21ClN2O4S/c1-4-31-23(29)20-14(2)26-24-27(21(20)16-8-6-5-7-9-16)22(28)19(32-24)13-15-10-11-18(30-3)17(25)12-15/h5-13,21H,4H2,1-3H3/b19-13+/t21-/m1/s1. The summed E-state index contributed by atoms with van der Waals surface area (Å²) in [6.07, 6.45) is 1.76. The molecule has 0 spiro atoms. The molecule has 0 aliphatic carbocycles. The van der Waals surface area contributed by atoms with Gasteiger partial charge in [0, 0.05) is 0 Å². The van der Waals surface area contributed by atoms with Gasteiger partial charge in [-0.05, 0) is 43.2 Å². The highest BCUT2D eigenvalue weighted by atomic mass is 35.5. The van der Waals surface area contributed by atoms with Crippen LogP contribution >= 0.6 is 22.9 Å². The lowest BCUT2D eigenvalue weighted by molar-refractivity contribution is -0.139. The van der Waals surface area contributed by atoms with E-state index in [4.69, 9.17) is 21.1 Å². The van der Waals surface area contributed by atoms with Crippen LogP contribution in [0, 0.1) is 0 Å². The Bertz CT molecular complexity index is 1390. The largest absolute Gasteiger partial charge is 0.495 e. The van der Waals surface area contributed by atoms with Crippen molar-refractivity contribution >= 4 is 35.0 Å². The summed E-state index contributed by atoms with van der Waals surface area (Å²) in [5.74, 6) is 0.0860. The molecule has 3 aromatic rings. The molecule has 0 saturated carbocycles. The summed E-state index contributed by atoms with van der Waals surface area (Å²) >= 11 is 7.51. The van der Waals surface area contributed by atoms with Gasteiger partial charge in [0.1, 0.15) is 5.75 Å². The maximum atomic E-state index is 13.5. The average molecular weight is 469 g/mol. The van der Waals surface area contributed by atoms with E-state index in [9.17, 15) is 9.59 Å². The van der Waals surface area contributed by atoms with Crippen molar-refractivity contribution in [3.63, 3.8) is 0 Å². The van der Waals surface area contributed by atoms with E-state index in [1.54, 1.807) is 43.7 Å². The van der Waals surface area contributed by atoms with Crippen LogP contribution in [0.3, 0.4) is 0 Å². The lowest BCUT2D eigenvalue weighted by Crippen LogP contribution is -2.39. The van der Waals surface area contributed by atoms with E-state index in [0.717, 1.165) is 11.1 Å². The minimum Gasteiger partial charge on any atom is -0.495 e. The van der Waals surface area contributed by atoms with Crippen molar-refractivity contribution in [1.29, 1.82) is 0 Å². The van der Waals surface area contributed by atoms with Gasteiger partial charge in [0.15, 0.2) is 4.80 Å². The van der Waals surface area contributed by atoms with E-state index < -0.39 is 12.0 Å². The first kappa shape index (κ1) is 22.0. The molecule has 8 heteroatoms. The number of rotatable bonds is 5. The Morgan fingerprint density at radius 3 is 2.66 bits per heavy atom. The molecule has 1 aliphatic heterocycles. The molecule has 0 fully saturated rings. The van der Waals surface area contributed by atoms with Crippen molar-refractivity contribution in [3.05, 3.63) is 95.6 Å². The highest BCUT2D eigenvalue weighted by molar-refractivity contribution is 7.07. The van der Waals surface area contributed by atoms with Crippen LogP contribution < -0.4 is 19.6 Å². The Labute approximate surface area is 193 Å². The van der Waals surface area contributed by atoms with Crippen molar-refractivity contribution in [2.24, 2.45) is 4.99 Å². The second kappa shape index (κ2) is 9.14. The second-order valence-corrected chi connectivity index (χ2v) is 8.52. The van der Waals surface area contributed by atoms with E-state index in [1.807, 2.05) is 36.4 Å². The van der Waals surface area contributed by atoms with Crippen LogP contribution in [0.15, 0.2) is 69.6 Å². The number of allylic oxidation sites excluding steroid dienone is 1. The number of carbonyl (C=O) groups excluding carboxylic acids is 1. The summed E-state index contributed by atoms with van der Waals surface area (Å²) in [6, 6.07) is 14.1. The molecular weight excluding hydrogens is 448 g/mol. The highest BCUT2D eigenvalue weighted by Gasteiger charge is 2.33. The number of halogens is 1. The zero-order chi connectivity index (χ0) is 22.8. The molecule has 1 atom stereocenters. The van der Waals surface area contributed by atoms with E-state index in [0.29, 0.717) is 31.4 Å². The van der Waals surface area contributed by atoms with E-state index in [2.05, 4.69) is 4.99 Å². The minimum atomic E-state index is -0.617. The number of ether oxygens (including phenoxy) is 2. The molecule has 32 heavy (non-hydrogen) atoms. The molecule has 6 nitrogen and oxygen atoms in total. The maximum Gasteiger partial charge on any atom is 0.338 e. The van der Waals surface area contributed by atoms with Gasteiger partial charge in [-0.25, -0.2) is 9.79 Å². The molecule has 0 unspecified atom stereocenters. The van der Waals surface area contributed by atoms with Crippen molar-refractivity contribution < 1.29 is 14.3 Å². The minimum absolute atomic E-state index is 0.233. The van der Waals surface area contributed by atoms with Crippen LogP contribution in [0.25, 0.3) is 6.08 Å². The molecule has 0 saturated heterocycles. The van der Waals surface area contributed by atoms with Gasteiger partial charge in [0.25, 0.3) is 5.56 Å². The molecule has 0 radical (unpaired) electrons. The number of hydrogen-bond acceptors (Lipinski definition) is 6. The normalized spacial score (nSPS) is 15.9. The Morgan fingerprint density at radius 1 is 1.25 bits per heavy atom. The summed E-state index contributed by atoms with van der Waals surface area (Å²) in [6.45, 7) is 3.75. The highest BCUT2D eigenvalue weighted by Crippen LogP contribution is 2.30. The van der Waals surface area contributed by atoms with Gasteiger partial charge in [-0.15, -0.1) is 0 Å².